The van der Waals surface area contributed by atoms with Gasteiger partial charge in [0.25, 0.3) is 0 Å². The normalized spacial score (nSPS) is 21.4. The zero-order chi connectivity index (χ0) is 10.6. The molecule has 1 aliphatic heterocycles. The van der Waals surface area contributed by atoms with Crippen molar-refractivity contribution in [3.8, 4) is 0 Å². The molecule has 1 heterocycles. The molecule has 1 atom stereocenters. The lowest BCUT2D eigenvalue weighted by Gasteiger charge is -2.26. The SMILES string of the molecule is CCCCN1N=CN(CC(C)C)C1I. The first-order chi connectivity index (χ1) is 6.65. The highest BCUT2D eigenvalue weighted by molar-refractivity contribution is 14.1. The molecule has 0 aromatic heterocycles. The van der Waals surface area contributed by atoms with E-state index in [4.69, 9.17) is 0 Å². The second-order valence-electron chi connectivity index (χ2n) is 4.15. The van der Waals surface area contributed by atoms with Gasteiger partial charge in [0.15, 0.2) is 4.17 Å². The molecule has 1 unspecified atom stereocenters. The zero-order valence-electron chi connectivity index (χ0n) is 9.28. The van der Waals surface area contributed by atoms with Crippen molar-refractivity contribution in [1.82, 2.24) is 9.91 Å². The van der Waals surface area contributed by atoms with Crippen molar-refractivity contribution < 1.29 is 0 Å². The molecule has 0 saturated carbocycles. The summed E-state index contributed by atoms with van der Waals surface area (Å²) in [5, 5.41) is 6.59. The van der Waals surface area contributed by atoms with Crippen LogP contribution in [0.1, 0.15) is 33.6 Å². The maximum Gasteiger partial charge on any atom is 0.171 e. The number of nitrogens with zero attached hydrogens (tertiary/aromatic N) is 3. The summed E-state index contributed by atoms with van der Waals surface area (Å²) in [5.41, 5.74) is 0. The van der Waals surface area contributed by atoms with E-state index >= 15 is 0 Å². The van der Waals surface area contributed by atoms with Gasteiger partial charge in [0, 0.05) is 13.1 Å². The third kappa shape index (κ3) is 3.29. The minimum absolute atomic E-state index is 0.418. The number of unbranched alkanes of at least 4 members (excludes halogenated alkanes) is 1. The first kappa shape index (κ1) is 12.1. The summed E-state index contributed by atoms with van der Waals surface area (Å²) in [4.78, 5) is 2.31. The van der Waals surface area contributed by atoms with Crippen LogP contribution in [0.2, 0.25) is 0 Å². The molecule has 1 aliphatic rings. The van der Waals surface area contributed by atoms with Gasteiger partial charge in [-0.25, -0.2) is 0 Å². The van der Waals surface area contributed by atoms with Gasteiger partial charge in [0.2, 0.25) is 0 Å². The number of hydrogen-bond acceptors (Lipinski definition) is 3. The van der Waals surface area contributed by atoms with Crippen LogP contribution in [0.25, 0.3) is 0 Å². The number of alkyl halides is 1. The molecule has 0 aromatic rings. The van der Waals surface area contributed by atoms with E-state index in [1.807, 2.05) is 6.34 Å². The van der Waals surface area contributed by atoms with Crippen LogP contribution in [-0.4, -0.2) is 33.5 Å². The standard InChI is InChI=1S/C10H20IN3/c1-4-5-6-14-10(11)13(8-12-14)7-9(2)3/h8-10H,4-7H2,1-3H3. The Morgan fingerprint density at radius 1 is 1.50 bits per heavy atom. The van der Waals surface area contributed by atoms with Crippen LogP contribution < -0.4 is 0 Å². The van der Waals surface area contributed by atoms with Crippen molar-refractivity contribution in [2.45, 2.75) is 37.8 Å². The molecule has 0 N–H and O–H groups in total. The van der Waals surface area contributed by atoms with Crippen LogP contribution in [-0.2, 0) is 0 Å². The molecule has 14 heavy (non-hydrogen) atoms. The Kier molecular flexibility index (Phi) is 4.98. The molecule has 0 saturated heterocycles. The number of hydrogen-bond donors (Lipinski definition) is 0. The summed E-state index contributed by atoms with van der Waals surface area (Å²) in [6.07, 6.45) is 4.44. The topological polar surface area (TPSA) is 18.8 Å². The highest BCUT2D eigenvalue weighted by atomic mass is 127. The van der Waals surface area contributed by atoms with Crippen LogP contribution in [0.3, 0.4) is 0 Å². The fourth-order valence-electron chi connectivity index (χ4n) is 1.45. The Morgan fingerprint density at radius 3 is 2.79 bits per heavy atom. The van der Waals surface area contributed by atoms with Crippen LogP contribution in [0.15, 0.2) is 5.10 Å². The van der Waals surface area contributed by atoms with Crippen molar-refractivity contribution in [2.24, 2.45) is 11.0 Å². The average molecular weight is 309 g/mol. The summed E-state index contributed by atoms with van der Waals surface area (Å²) < 4.78 is 0.418. The third-order valence-corrected chi connectivity index (χ3v) is 3.54. The Bertz CT molecular complexity index is 194. The Balaban J connectivity index is 2.36. The van der Waals surface area contributed by atoms with E-state index in [0.29, 0.717) is 10.1 Å². The molecular formula is C10H20IN3. The van der Waals surface area contributed by atoms with Crippen LogP contribution in [0, 0.1) is 5.92 Å². The van der Waals surface area contributed by atoms with E-state index in [1.165, 1.54) is 12.8 Å². The van der Waals surface area contributed by atoms with Crippen molar-refractivity contribution in [3.05, 3.63) is 0 Å². The lowest BCUT2D eigenvalue weighted by molar-refractivity contribution is 0.206. The molecule has 82 valence electrons. The van der Waals surface area contributed by atoms with Crippen LogP contribution in [0.4, 0.5) is 0 Å². The van der Waals surface area contributed by atoms with Gasteiger partial charge in [-0.15, -0.1) is 0 Å². The number of rotatable bonds is 5. The van der Waals surface area contributed by atoms with Gasteiger partial charge in [0.1, 0.15) is 6.34 Å². The Hall–Kier alpha value is 0. The van der Waals surface area contributed by atoms with Gasteiger partial charge in [-0.3, -0.25) is 5.01 Å². The maximum atomic E-state index is 4.42. The molecule has 0 fully saturated rings. The van der Waals surface area contributed by atoms with E-state index in [0.717, 1.165) is 13.1 Å². The first-order valence-corrected chi connectivity index (χ1v) is 6.60. The fourth-order valence-corrected chi connectivity index (χ4v) is 2.25. The zero-order valence-corrected chi connectivity index (χ0v) is 11.4. The lowest BCUT2D eigenvalue weighted by Crippen LogP contribution is -2.36. The van der Waals surface area contributed by atoms with Gasteiger partial charge >= 0.3 is 0 Å². The fraction of sp³-hybridized carbons (Fsp3) is 0.900. The van der Waals surface area contributed by atoms with Gasteiger partial charge < -0.3 is 4.90 Å². The quantitative estimate of drug-likeness (QED) is 0.442. The van der Waals surface area contributed by atoms with Gasteiger partial charge in [-0.05, 0) is 34.9 Å². The minimum atomic E-state index is 0.418. The van der Waals surface area contributed by atoms with Gasteiger partial charge in [-0.2, -0.15) is 5.10 Å². The molecule has 3 nitrogen and oxygen atoms in total. The average Bonchev–Trinajstić information content (AvgIpc) is 2.45. The Labute approximate surface area is 101 Å². The highest BCUT2D eigenvalue weighted by Crippen LogP contribution is 2.20. The van der Waals surface area contributed by atoms with E-state index in [-0.39, 0.29) is 0 Å². The van der Waals surface area contributed by atoms with Crippen molar-refractivity contribution in [1.29, 1.82) is 0 Å². The first-order valence-electron chi connectivity index (χ1n) is 5.35. The predicted octanol–water partition coefficient (Wildman–Crippen LogP) is 2.72. The highest BCUT2D eigenvalue weighted by Gasteiger charge is 2.24. The van der Waals surface area contributed by atoms with E-state index in [1.54, 1.807) is 0 Å². The second kappa shape index (κ2) is 5.78. The summed E-state index contributed by atoms with van der Waals surface area (Å²) >= 11 is 2.46. The monoisotopic (exact) mass is 309 g/mol. The predicted molar refractivity (Wildman–Crippen MR) is 69.5 cm³/mol. The third-order valence-electron chi connectivity index (χ3n) is 2.18. The summed E-state index contributed by atoms with van der Waals surface area (Å²) in [7, 11) is 0. The van der Waals surface area contributed by atoms with E-state index < -0.39 is 0 Å². The molecular weight excluding hydrogens is 289 g/mol. The molecule has 0 radical (unpaired) electrons. The molecule has 0 spiro atoms. The van der Waals surface area contributed by atoms with Crippen molar-refractivity contribution >= 4 is 28.9 Å². The van der Waals surface area contributed by atoms with Crippen LogP contribution >= 0.6 is 22.6 Å². The maximum absolute atomic E-state index is 4.42. The second-order valence-corrected chi connectivity index (χ2v) is 5.26. The number of hydrazone groups is 1. The lowest BCUT2D eigenvalue weighted by atomic mass is 10.2. The molecule has 1 rings (SSSR count). The largest absolute Gasteiger partial charge is 0.331 e. The van der Waals surface area contributed by atoms with E-state index in [9.17, 15) is 0 Å². The Morgan fingerprint density at radius 2 is 2.21 bits per heavy atom. The van der Waals surface area contributed by atoms with Crippen molar-refractivity contribution in [3.63, 3.8) is 0 Å². The van der Waals surface area contributed by atoms with Gasteiger partial charge in [0.05, 0.1) is 0 Å². The molecule has 0 aliphatic carbocycles. The van der Waals surface area contributed by atoms with Crippen molar-refractivity contribution in [2.75, 3.05) is 13.1 Å². The molecule has 0 bridgehead atoms. The summed E-state index contributed by atoms with van der Waals surface area (Å²) in [6, 6.07) is 0. The molecule has 0 aromatic carbocycles. The minimum Gasteiger partial charge on any atom is -0.331 e. The smallest absolute Gasteiger partial charge is 0.171 e. The summed E-state index contributed by atoms with van der Waals surface area (Å²) in [6.45, 7) is 8.88. The number of halogens is 1. The molecule has 4 heteroatoms. The summed E-state index contributed by atoms with van der Waals surface area (Å²) in [5.74, 6) is 0.699. The van der Waals surface area contributed by atoms with Crippen LogP contribution in [0.5, 0.6) is 0 Å². The molecule has 0 amide bonds. The van der Waals surface area contributed by atoms with Gasteiger partial charge in [-0.1, -0.05) is 27.2 Å². The van der Waals surface area contributed by atoms with E-state index in [2.05, 4.69) is 58.4 Å².